The van der Waals surface area contributed by atoms with Crippen molar-refractivity contribution in [1.29, 1.82) is 0 Å². The van der Waals surface area contributed by atoms with Gasteiger partial charge < -0.3 is 14.5 Å². The predicted octanol–water partition coefficient (Wildman–Crippen LogP) is 10.3. The Hall–Kier alpha value is -4.92. The number of allylic oxidation sites excluding steroid dienone is 1. The molecule has 7 rings (SSSR count). The van der Waals surface area contributed by atoms with Crippen molar-refractivity contribution >= 4 is 34.2 Å². The molecule has 2 fully saturated rings. The topological polar surface area (TPSA) is 100 Å². The number of H-pyrrole nitrogens is 1. The van der Waals surface area contributed by atoms with Crippen LogP contribution in [-0.4, -0.2) is 68.0 Å². The molecule has 0 saturated carbocycles. The fraction of sp³-hybridized carbons (Fsp3) is 0.442. The molecule has 4 heterocycles. The zero-order valence-corrected chi connectivity index (χ0v) is 31.4. The van der Waals surface area contributed by atoms with Crippen molar-refractivity contribution in [3.63, 3.8) is 0 Å². The van der Waals surface area contributed by atoms with Gasteiger partial charge in [-0.3, -0.25) is 14.8 Å². The molecule has 3 aromatic carbocycles. The van der Waals surface area contributed by atoms with Crippen molar-refractivity contribution in [2.24, 2.45) is 4.99 Å². The number of piperidine rings is 2. The van der Waals surface area contributed by atoms with Crippen molar-refractivity contribution in [3.05, 3.63) is 84.4 Å². The summed E-state index contributed by atoms with van der Waals surface area (Å²) in [4.78, 5) is 42.7. The molecule has 4 aromatic rings. The Morgan fingerprint density at radius 3 is 1.87 bits per heavy atom. The number of likely N-dealkylation sites (tertiary alicyclic amines) is 2. The van der Waals surface area contributed by atoms with Gasteiger partial charge in [-0.15, -0.1) is 0 Å². The maximum absolute atomic E-state index is 13.0. The van der Waals surface area contributed by atoms with Gasteiger partial charge in [0.15, 0.2) is 0 Å². The van der Waals surface area contributed by atoms with Crippen molar-refractivity contribution in [3.8, 4) is 22.4 Å². The number of hydrogen-bond acceptors (Lipinski definition) is 6. The maximum atomic E-state index is 13.0. The number of nitrogens with zero attached hydrogens (tertiary/aromatic N) is 4. The molecule has 3 aliphatic heterocycles. The van der Waals surface area contributed by atoms with Crippen molar-refractivity contribution < 1.29 is 19.1 Å². The van der Waals surface area contributed by atoms with Crippen LogP contribution in [0.2, 0.25) is 0 Å². The second kappa shape index (κ2) is 14.2. The first-order chi connectivity index (χ1) is 24.8. The first-order valence-electron chi connectivity index (χ1n) is 18.8. The van der Waals surface area contributed by atoms with Gasteiger partial charge in [0.1, 0.15) is 17.0 Å². The number of ether oxygens (including phenoxy) is 2. The van der Waals surface area contributed by atoms with Crippen LogP contribution in [0.4, 0.5) is 9.59 Å². The standard InChI is InChI=1S/C43H51N5O4/c1-42(2,3)51-40(49)47-21-9-7-11-37(47)35-25-34(26-44-35)29-15-13-28(14-16-29)30-17-18-32-24-33(20-19-31(32)23-30)36-27-45-39(46-36)38-12-8-10-22-48(38)41(50)52-43(4,5)6/h13-20,23-24,26-27,37-38H,7-12,21-22,25H2,1-6H3,(H,45,46)/t37-,38-/m0/s1. The highest BCUT2D eigenvalue weighted by atomic mass is 16.6. The highest BCUT2D eigenvalue weighted by molar-refractivity contribution is 6.03. The van der Waals surface area contributed by atoms with E-state index in [1.165, 1.54) is 5.57 Å². The molecule has 9 heteroatoms. The van der Waals surface area contributed by atoms with Gasteiger partial charge in [-0.2, -0.15) is 0 Å². The lowest BCUT2D eigenvalue weighted by molar-refractivity contribution is 0.00842. The van der Waals surface area contributed by atoms with E-state index in [-0.39, 0.29) is 24.3 Å². The number of fused-ring (bicyclic) bond motifs is 1. The first-order valence-corrected chi connectivity index (χ1v) is 18.8. The second-order valence-electron chi connectivity index (χ2n) is 16.4. The first kappa shape index (κ1) is 35.5. The number of hydrogen-bond donors (Lipinski definition) is 1. The Bertz CT molecular complexity index is 2010. The molecule has 0 spiro atoms. The molecule has 9 nitrogen and oxygen atoms in total. The number of rotatable bonds is 5. The quantitative estimate of drug-likeness (QED) is 0.223. The summed E-state index contributed by atoms with van der Waals surface area (Å²) < 4.78 is 11.4. The van der Waals surface area contributed by atoms with E-state index in [1.54, 1.807) is 0 Å². The third kappa shape index (κ3) is 7.93. The molecule has 272 valence electrons. The number of imidazole rings is 1. The van der Waals surface area contributed by atoms with Crippen molar-refractivity contribution in [2.45, 2.75) is 110 Å². The second-order valence-corrected chi connectivity index (χ2v) is 16.4. The van der Waals surface area contributed by atoms with Crippen LogP contribution in [0.5, 0.6) is 0 Å². The van der Waals surface area contributed by atoms with Gasteiger partial charge in [0, 0.05) is 37.0 Å². The van der Waals surface area contributed by atoms with Crippen molar-refractivity contribution in [1.82, 2.24) is 19.8 Å². The zero-order valence-electron chi connectivity index (χ0n) is 31.4. The van der Waals surface area contributed by atoms with Crippen LogP contribution in [0.25, 0.3) is 38.7 Å². The van der Waals surface area contributed by atoms with Gasteiger partial charge >= 0.3 is 12.2 Å². The van der Waals surface area contributed by atoms with Gasteiger partial charge in [-0.1, -0.05) is 48.5 Å². The molecule has 0 radical (unpaired) electrons. The number of aliphatic imine (C=N–C) groups is 1. The van der Waals surface area contributed by atoms with E-state index in [1.807, 2.05) is 63.7 Å². The largest absolute Gasteiger partial charge is 0.444 e. The van der Waals surface area contributed by atoms with Crippen LogP contribution in [0.1, 0.15) is 104 Å². The summed E-state index contributed by atoms with van der Waals surface area (Å²) >= 11 is 0. The lowest BCUT2D eigenvalue weighted by atomic mass is 9.92. The highest BCUT2D eigenvalue weighted by Gasteiger charge is 2.35. The van der Waals surface area contributed by atoms with Crippen LogP contribution in [0, 0.1) is 0 Å². The Kier molecular flexibility index (Phi) is 9.72. The van der Waals surface area contributed by atoms with E-state index in [4.69, 9.17) is 19.5 Å². The summed E-state index contributed by atoms with van der Waals surface area (Å²) in [5, 5.41) is 2.30. The van der Waals surface area contributed by atoms with E-state index in [2.05, 4.69) is 65.6 Å². The molecule has 0 unspecified atom stereocenters. The Balaban J connectivity index is 1.01. The van der Waals surface area contributed by atoms with Gasteiger partial charge in [-0.25, -0.2) is 14.6 Å². The summed E-state index contributed by atoms with van der Waals surface area (Å²) in [7, 11) is 0. The monoisotopic (exact) mass is 701 g/mol. The fourth-order valence-corrected chi connectivity index (χ4v) is 7.52. The summed E-state index contributed by atoms with van der Waals surface area (Å²) in [5.74, 6) is 0.798. The molecule has 2 amide bonds. The lowest BCUT2D eigenvalue weighted by Crippen LogP contribution is -2.49. The van der Waals surface area contributed by atoms with E-state index in [0.717, 1.165) is 95.2 Å². The molecule has 2 atom stereocenters. The normalized spacial score (nSPS) is 19.7. The van der Waals surface area contributed by atoms with Crippen molar-refractivity contribution in [2.75, 3.05) is 13.1 Å². The van der Waals surface area contributed by atoms with E-state index < -0.39 is 11.2 Å². The SMILES string of the molecule is CC(C)(C)OC(=O)N1CCCC[C@H]1C1=NC=C(c2ccc(-c3ccc4cc(-c5cnc([C@@H]6CCCCN6C(=O)OC(C)(C)C)[nH]5)ccc4c3)cc2)C1. The van der Waals surface area contributed by atoms with Gasteiger partial charge in [0.05, 0.1) is 24.0 Å². The Labute approximate surface area is 307 Å². The summed E-state index contributed by atoms with van der Waals surface area (Å²) in [6.07, 6.45) is 9.90. The van der Waals surface area contributed by atoms with Crippen LogP contribution in [0.15, 0.2) is 78.1 Å². The molecule has 3 aliphatic rings. The smallest absolute Gasteiger partial charge is 0.410 e. The van der Waals surface area contributed by atoms with E-state index >= 15 is 0 Å². The minimum Gasteiger partial charge on any atom is -0.444 e. The minimum atomic E-state index is -0.542. The number of aromatic amines is 1. The fourth-order valence-electron chi connectivity index (χ4n) is 7.52. The molecule has 1 aromatic heterocycles. The molecular weight excluding hydrogens is 651 g/mol. The summed E-state index contributed by atoms with van der Waals surface area (Å²) in [6, 6.07) is 21.6. The molecule has 0 bridgehead atoms. The van der Waals surface area contributed by atoms with Crippen LogP contribution in [0.3, 0.4) is 0 Å². The Morgan fingerprint density at radius 2 is 1.23 bits per heavy atom. The van der Waals surface area contributed by atoms with E-state index in [9.17, 15) is 9.59 Å². The molecule has 1 N–H and O–H groups in total. The minimum absolute atomic E-state index is 0.0172. The molecular formula is C43H51N5O4. The number of benzene rings is 3. The van der Waals surface area contributed by atoms with Crippen LogP contribution in [-0.2, 0) is 9.47 Å². The average molecular weight is 702 g/mol. The number of nitrogens with one attached hydrogen (secondary N) is 1. The average Bonchev–Trinajstić information content (AvgIpc) is 3.81. The van der Waals surface area contributed by atoms with Crippen LogP contribution >= 0.6 is 0 Å². The summed E-state index contributed by atoms with van der Waals surface area (Å²) in [6.45, 7) is 12.8. The number of carbonyl (C=O) groups excluding carboxylic acids is 2. The predicted molar refractivity (Wildman–Crippen MR) is 207 cm³/mol. The molecule has 0 aliphatic carbocycles. The number of carbonyl (C=O) groups is 2. The zero-order chi connectivity index (χ0) is 36.6. The van der Waals surface area contributed by atoms with Gasteiger partial charge in [0.25, 0.3) is 0 Å². The summed E-state index contributed by atoms with van der Waals surface area (Å²) in [5.41, 5.74) is 6.59. The number of aromatic nitrogens is 2. The van der Waals surface area contributed by atoms with Crippen LogP contribution < -0.4 is 0 Å². The molecule has 52 heavy (non-hydrogen) atoms. The maximum Gasteiger partial charge on any atom is 0.410 e. The lowest BCUT2D eigenvalue weighted by Gasteiger charge is -2.37. The highest BCUT2D eigenvalue weighted by Crippen LogP contribution is 2.35. The number of amides is 2. The Morgan fingerprint density at radius 1 is 0.692 bits per heavy atom. The van der Waals surface area contributed by atoms with Gasteiger partial charge in [0.2, 0.25) is 0 Å². The van der Waals surface area contributed by atoms with E-state index in [0.29, 0.717) is 13.1 Å². The molecule has 2 saturated heterocycles. The third-order valence-electron chi connectivity index (χ3n) is 10.1. The van der Waals surface area contributed by atoms with Gasteiger partial charge in [-0.05, 0) is 125 Å². The third-order valence-corrected chi connectivity index (χ3v) is 10.1.